The van der Waals surface area contributed by atoms with Gasteiger partial charge in [0.25, 0.3) is 0 Å². The number of carbonyl (C=O) groups is 6. The summed E-state index contributed by atoms with van der Waals surface area (Å²) in [5.74, 6) is 4.03. The standard InChI is InChI=1S/C19H24N6O2.C19H24N6O.C18H22N6O2.C17H20N6O.C17H22N6O.C17H19N5O/c1-11-8-14-15(9-12(11)2)21-19(20-14)18-17(13(3)23-24-18)22-16(26)10-25-4-6-27-7-5-25;1-11-9-14-15(10-12(11)2)21-18(20-14)17-16(13(3)23-24-17)22-19(26)25-7-5-4-6-8-25;1-10-8-13-14(9-11(10)2)20-17(19-13)16-15(12(3)22-23-16)21-18(25)24-4-6-26-7-5-24;1-8-6-12-13(7-9(8)2)20-16(19-12)15-14(10(3)22-23-15)21-17(24)18-11-4-5-11;1-9-7-12-13(8-10(9)2)19-16(18-12)14-15(11(3)20-21-14)23(6)17(24)22(4)5;1-8-6-12-13(7-9(8)2)19-16(18-12)15-14(10(3)21-22-15)20-17(23)11-4-5-11/h8-9H,4-7,10H2,1-3H3,(H,20,21)(H,22,26)(H,23,24);9-10H,4-8H2,1-3H3,(H,20,21)(H,22,26)(H,23,24);8-9H,4-7H2,1-3H3,(H,19,20)(H,21,25)(H,22,23);6-7,11H,4-5H2,1-3H3,(H,19,20)(H,22,23)(H2,18,21,24);7-8H,1-6H3,(H,18,19)(H,20,21);6-7,11H,4-5H2,1-3H3,(H,18,19)(H,20,23)(H,21,22). The van der Waals surface area contributed by atoms with Crippen LogP contribution in [0.5, 0.6) is 0 Å². The van der Waals surface area contributed by atoms with Gasteiger partial charge in [0.1, 0.15) is 0 Å². The number of aryl methyl sites for hydroxylation is 18. The third-order valence-electron chi connectivity index (χ3n) is 28.1. The summed E-state index contributed by atoms with van der Waals surface area (Å²) in [6.07, 6.45) is 7.36. The normalized spacial score (nSPS) is 14.1. The first-order valence-corrected chi connectivity index (χ1v) is 50.7. The molecule has 0 spiro atoms. The van der Waals surface area contributed by atoms with Gasteiger partial charge in [0.2, 0.25) is 11.8 Å². The van der Waals surface area contributed by atoms with Gasteiger partial charge in [-0.2, -0.15) is 30.6 Å². The molecule has 18 N–H and O–H groups in total. The van der Waals surface area contributed by atoms with E-state index in [2.05, 4.69) is 314 Å². The fourth-order valence-electron chi connectivity index (χ4n) is 18.0. The van der Waals surface area contributed by atoms with Gasteiger partial charge in [0, 0.05) is 72.4 Å². The number of nitrogens with one attached hydrogen (secondary N) is 18. The number of morpholine rings is 2. The molecule has 6 aromatic carbocycles. The highest BCUT2D eigenvalue weighted by atomic mass is 16.5. The average Bonchev–Trinajstić information content (AvgIpc) is 1.81. The number of hydrogen-bond acceptors (Lipinski definition) is 21. The van der Waals surface area contributed by atoms with Crippen molar-refractivity contribution in [2.75, 3.05) is 125 Å². The molecule has 43 heteroatoms. The molecule has 150 heavy (non-hydrogen) atoms. The Hall–Kier alpha value is -16.7. The highest BCUT2D eigenvalue weighted by Gasteiger charge is 2.34. The molecule has 0 radical (unpaired) electrons. The smallest absolute Gasteiger partial charge is 0.323 e. The summed E-state index contributed by atoms with van der Waals surface area (Å²) in [6.45, 7) is 43.3. The number of ether oxygens (including phenoxy) is 2. The van der Waals surface area contributed by atoms with Crippen molar-refractivity contribution in [1.29, 1.82) is 0 Å². The number of aromatic nitrogens is 24. The third kappa shape index (κ3) is 23.0. The van der Waals surface area contributed by atoms with Crippen molar-refractivity contribution in [2.45, 2.75) is 176 Å². The molecule has 10 amide bonds. The molecule has 12 aromatic heterocycles. The molecule has 5 fully saturated rings. The van der Waals surface area contributed by atoms with Crippen LogP contribution < -0.4 is 36.8 Å². The largest absolute Gasteiger partial charge is 0.379 e. The van der Waals surface area contributed by atoms with Crippen LogP contribution in [-0.4, -0.2) is 276 Å². The molecule has 5 aliphatic rings. The molecule has 782 valence electrons. The minimum atomic E-state index is -0.203. The zero-order chi connectivity index (χ0) is 106. The van der Waals surface area contributed by atoms with Crippen molar-refractivity contribution in [3.63, 3.8) is 0 Å². The molecular weight excluding hydrogens is 1900 g/mol. The molecule has 43 nitrogen and oxygen atoms in total. The van der Waals surface area contributed by atoms with Crippen LogP contribution in [0.3, 0.4) is 0 Å². The Morgan fingerprint density at radius 2 is 0.607 bits per heavy atom. The molecule has 3 saturated heterocycles. The lowest BCUT2D eigenvalue weighted by atomic mass is 10.1. The SMILES string of the molecule is Cc1cc2nc(-c3n[nH]c(C)c3N(C)C(=O)N(C)C)[nH]c2cc1C.Cc1cc2nc(-c3n[nH]c(C)c3NC(=O)C3CC3)[nH]c2cc1C.Cc1cc2nc(-c3n[nH]c(C)c3NC(=O)CN3CCOCC3)[nH]c2cc1C.Cc1cc2nc(-c3n[nH]c(C)c3NC(=O)N3CCCCC3)[nH]c2cc1C.Cc1cc2nc(-c3n[nH]c(C)c3NC(=O)N3CCOCC3)[nH]c2cc1C.Cc1cc2nc(-c3n[nH]c(C)c3NC(=O)NC3CC3)[nH]c2cc1C. The van der Waals surface area contributed by atoms with Gasteiger partial charge >= 0.3 is 24.1 Å². The van der Waals surface area contributed by atoms with Crippen LogP contribution in [0.4, 0.5) is 53.3 Å². The molecule has 3 aliphatic heterocycles. The number of benzene rings is 6. The lowest BCUT2D eigenvalue weighted by molar-refractivity contribution is -0.118. The number of amides is 10. The van der Waals surface area contributed by atoms with E-state index < -0.39 is 0 Å². The Labute approximate surface area is 865 Å². The van der Waals surface area contributed by atoms with Gasteiger partial charge in [-0.05, 0) is 309 Å². The Kier molecular flexibility index (Phi) is 30.1. The van der Waals surface area contributed by atoms with Gasteiger partial charge in [-0.25, -0.2) is 49.1 Å². The monoisotopic (exact) mass is 2030 g/mol. The van der Waals surface area contributed by atoms with Crippen molar-refractivity contribution in [2.24, 2.45) is 5.92 Å². The number of rotatable bonds is 16. The van der Waals surface area contributed by atoms with Crippen LogP contribution in [0.1, 0.15) is 146 Å². The van der Waals surface area contributed by atoms with Crippen molar-refractivity contribution < 1.29 is 38.2 Å². The van der Waals surface area contributed by atoms with Crippen LogP contribution in [0, 0.1) is 131 Å². The second-order valence-corrected chi connectivity index (χ2v) is 40.0. The van der Waals surface area contributed by atoms with Crippen molar-refractivity contribution in [3.8, 4) is 69.1 Å². The molecule has 15 heterocycles. The molecule has 0 atom stereocenters. The van der Waals surface area contributed by atoms with Crippen LogP contribution in [0.15, 0.2) is 72.8 Å². The van der Waals surface area contributed by atoms with E-state index in [1.54, 1.807) is 30.9 Å². The summed E-state index contributed by atoms with van der Waals surface area (Å²) in [5, 5.41) is 61.6. The number of urea groups is 4. The van der Waals surface area contributed by atoms with Crippen LogP contribution in [0.2, 0.25) is 0 Å². The molecule has 0 bridgehead atoms. The molecule has 2 aliphatic carbocycles. The summed E-state index contributed by atoms with van der Waals surface area (Å²) in [7, 11) is 5.18. The van der Waals surface area contributed by atoms with E-state index in [1.165, 1.54) is 78.1 Å². The van der Waals surface area contributed by atoms with E-state index in [4.69, 9.17) is 9.47 Å². The zero-order valence-electron chi connectivity index (χ0n) is 88.7. The molecule has 23 rings (SSSR count). The number of nitrogens with zero attached hydrogens (tertiary/aromatic N) is 17. The highest BCUT2D eigenvalue weighted by molar-refractivity contribution is 6.02. The molecule has 18 aromatic rings. The van der Waals surface area contributed by atoms with Crippen molar-refractivity contribution >= 4 is 136 Å². The van der Waals surface area contributed by atoms with Gasteiger partial charge in [-0.1, -0.05) is 0 Å². The number of fused-ring (bicyclic) bond motifs is 6. The van der Waals surface area contributed by atoms with Gasteiger partial charge in [0.15, 0.2) is 69.1 Å². The van der Waals surface area contributed by atoms with Gasteiger partial charge in [-0.3, -0.25) is 50.0 Å². The van der Waals surface area contributed by atoms with E-state index >= 15 is 0 Å². The predicted octanol–water partition coefficient (Wildman–Crippen LogP) is 18.2. The first-order chi connectivity index (χ1) is 71.9. The maximum atomic E-state index is 12.6. The zero-order valence-corrected chi connectivity index (χ0v) is 88.7. The second-order valence-electron chi connectivity index (χ2n) is 40.0. The average molecular weight is 2040 g/mol. The van der Waals surface area contributed by atoms with Gasteiger partial charge in [-0.15, -0.1) is 0 Å². The fourth-order valence-corrected chi connectivity index (χ4v) is 18.0. The summed E-state index contributed by atoms with van der Waals surface area (Å²) in [6, 6.07) is 24.6. The first-order valence-electron chi connectivity index (χ1n) is 50.7. The maximum Gasteiger partial charge on any atom is 0.323 e. The molecular formula is C107H131N35O8. The summed E-state index contributed by atoms with van der Waals surface area (Å²) in [4.78, 5) is 131. The van der Waals surface area contributed by atoms with E-state index in [9.17, 15) is 28.8 Å². The topological polar surface area (TPSA) is 553 Å². The number of likely N-dealkylation sites (tertiary alicyclic amines) is 1. The number of H-pyrrole nitrogens is 12. The van der Waals surface area contributed by atoms with Crippen LogP contribution in [0.25, 0.3) is 135 Å². The lowest BCUT2D eigenvalue weighted by Crippen LogP contribution is -2.43. The summed E-state index contributed by atoms with van der Waals surface area (Å²) >= 11 is 0. The van der Waals surface area contributed by atoms with Crippen LogP contribution >= 0.6 is 0 Å². The number of hydrogen-bond donors (Lipinski definition) is 18. The van der Waals surface area contributed by atoms with E-state index in [0.717, 1.165) is 176 Å². The van der Waals surface area contributed by atoms with Gasteiger partial charge in [0.05, 0.1) is 167 Å². The molecule has 0 unspecified atom stereocenters. The Bertz CT molecular complexity index is 7710. The number of anilines is 6. The number of piperidine rings is 1. The number of imidazole rings is 6. The minimum Gasteiger partial charge on any atom is -0.379 e. The maximum absolute atomic E-state index is 12.6. The quantitative estimate of drug-likeness (QED) is 0.0427. The highest BCUT2D eigenvalue weighted by Crippen LogP contribution is 2.40. The van der Waals surface area contributed by atoms with E-state index in [1.807, 2.05) is 46.4 Å². The Morgan fingerprint density at radius 1 is 0.327 bits per heavy atom. The first kappa shape index (κ1) is 103. The number of aromatic amines is 12. The van der Waals surface area contributed by atoms with E-state index in [-0.39, 0.29) is 41.9 Å². The van der Waals surface area contributed by atoms with Crippen LogP contribution in [-0.2, 0) is 19.1 Å². The lowest BCUT2D eigenvalue weighted by Gasteiger charge is -2.26. The number of carbonyl (C=O) groups excluding carboxylic acids is 6. The molecule has 2 saturated carbocycles. The van der Waals surface area contributed by atoms with Crippen molar-refractivity contribution in [1.82, 2.24) is 146 Å². The fraction of sp³-hybridized carbons (Fsp3) is 0.383. The second kappa shape index (κ2) is 43.8. The van der Waals surface area contributed by atoms with Gasteiger partial charge < -0.3 is 86.0 Å². The Morgan fingerprint density at radius 3 is 0.927 bits per heavy atom. The summed E-state index contributed by atoms with van der Waals surface area (Å²) < 4.78 is 10.6. The predicted molar refractivity (Wildman–Crippen MR) is 583 cm³/mol. The summed E-state index contributed by atoms with van der Waals surface area (Å²) in [5.41, 5.74) is 38.3. The minimum absolute atomic E-state index is 0.0644. The third-order valence-corrected chi connectivity index (χ3v) is 28.1. The van der Waals surface area contributed by atoms with E-state index in [0.29, 0.717) is 144 Å². The van der Waals surface area contributed by atoms with Crippen molar-refractivity contribution in [3.05, 3.63) is 174 Å². The Balaban J connectivity index is 0.000000118.